The number of halogens is 1. The minimum absolute atomic E-state index is 0.000269. The van der Waals surface area contributed by atoms with Crippen LogP contribution in [0.2, 0.25) is 5.02 Å². The summed E-state index contributed by atoms with van der Waals surface area (Å²) in [5.41, 5.74) is 2.32. The third-order valence-electron chi connectivity index (χ3n) is 9.55. The molecular formula is C33H26ClN3O4S2. The summed E-state index contributed by atoms with van der Waals surface area (Å²) >= 11 is 9.08. The van der Waals surface area contributed by atoms with E-state index >= 15 is 0 Å². The van der Waals surface area contributed by atoms with Gasteiger partial charge in [0.25, 0.3) is 0 Å². The van der Waals surface area contributed by atoms with Crippen LogP contribution in [-0.2, 0) is 20.9 Å². The summed E-state index contributed by atoms with van der Waals surface area (Å²) in [4.78, 5) is 56.5. The molecule has 4 aliphatic rings. The van der Waals surface area contributed by atoms with Crippen molar-refractivity contribution < 1.29 is 14.4 Å². The smallest absolute Gasteiger partial charge is 0.308 e. The summed E-state index contributed by atoms with van der Waals surface area (Å²) in [6.45, 7) is -0.101. The van der Waals surface area contributed by atoms with E-state index in [1.807, 2.05) is 84.9 Å². The van der Waals surface area contributed by atoms with Crippen LogP contribution in [0.3, 0.4) is 0 Å². The van der Waals surface area contributed by atoms with Gasteiger partial charge in [-0.05, 0) is 66.1 Å². The van der Waals surface area contributed by atoms with Crippen molar-refractivity contribution in [1.29, 1.82) is 0 Å². The van der Waals surface area contributed by atoms with Crippen LogP contribution in [0.15, 0.2) is 94.7 Å². The molecular weight excluding hydrogens is 602 g/mol. The lowest BCUT2D eigenvalue weighted by molar-refractivity contribution is -0.123. The number of amides is 3. The Morgan fingerprint density at radius 2 is 1.51 bits per heavy atom. The van der Waals surface area contributed by atoms with Crippen molar-refractivity contribution in [3.05, 3.63) is 110 Å². The fourth-order valence-corrected chi connectivity index (χ4v) is 11.3. The molecule has 3 aromatic carbocycles. The van der Waals surface area contributed by atoms with E-state index in [1.165, 1.54) is 16.2 Å². The molecule has 1 saturated heterocycles. The number of para-hydroxylation sites is 2. The van der Waals surface area contributed by atoms with E-state index in [9.17, 15) is 19.2 Å². The first-order valence-corrected chi connectivity index (χ1v) is 16.4. The SMILES string of the molecule is O=C(Cn1c2c(sc1=O)C(c1ccc(Cl)cc1)C1C3CC(C1S2)C1C(=O)N(c2ccccc2)C(=O)C31)Nc1ccccc1. The Bertz CT molecular complexity index is 1820. The van der Waals surface area contributed by atoms with Crippen molar-refractivity contribution in [3.8, 4) is 0 Å². The maximum absolute atomic E-state index is 13.9. The second-order valence-electron chi connectivity index (χ2n) is 11.7. The summed E-state index contributed by atoms with van der Waals surface area (Å²) < 4.78 is 1.59. The van der Waals surface area contributed by atoms with Gasteiger partial charge in [-0.25, -0.2) is 0 Å². The van der Waals surface area contributed by atoms with E-state index in [4.69, 9.17) is 11.6 Å². The lowest BCUT2D eigenvalue weighted by Crippen LogP contribution is -2.43. The molecule has 3 amide bonds. The quantitative estimate of drug-likeness (QED) is 0.279. The van der Waals surface area contributed by atoms with Crippen LogP contribution in [0.1, 0.15) is 22.8 Å². The number of benzene rings is 3. The van der Waals surface area contributed by atoms with Crippen LogP contribution in [0, 0.1) is 29.6 Å². The normalized spacial score (nSPS) is 28.5. The number of anilines is 2. The number of thiazole rings is 1. The zero-order valence-corrected chi connectivity index (χ0v) is 25.1. The standard InChI is InChI=1S/C33H26ClN3O4S2/c34-18-13-11-17(12-14-18)24-25-21-15-22(27-26(21)30(39)37(31(27)40)20-9-5-2-6-10-20)28(25)42-32-29(24)43-33(41)36(32)16-23(38)35-19-7-3-1-4-8-19/h1-14,21-22,24-28H,15-16H2,(H,35,38). The van der Waals surface area contributed by atoms with E-state index in [0.29, 0.717) is 16.4 Å². The van der Waals surface area contributed by atoms with Gasteiger partial charge in [0.05, 0.1) is 22.5 Å². The summed E-state index contributed by atoms with van der Waals surface area (Å²) in [5, 5.41) is 4.34. The third-order valence-corrected chi connectivity index (χ3v) is 12.6. The Kier molecular flexibility index (Phi) is 6.40. The van der Waals surface area contributed by atoms with Crippen molar-refractivity contribution in [1.82, 2.24) is 4.57 Å². The number of nitrogens with zero attached hydrogens (tertiary/aromatic N) is 2. The highest BCUT2D eigenvalue weighted by molar-refractivity contribution is 8.00. The maximum Gasteiger partial charge on any atom is 0.308 e. The van der Waals surface area contributed by atoms with Gasteiger partial charge in [0.2, 0.25) is 17.7 Å². The molecule has 3 fully saturated rings. The van der Waals surface area contributed by atoms with Gasteiger partial charge in [-0.2, -0.15) is 0 Å². The number of rotatable bonds is 5. The first-order chi connectivity index (χ1) is 20.9. The Morgan fingerprint density at radius 3 is 2.21 bits per heavy atom. The summed E-state index contributed by atoms with van der Waals surface area (Å²) in [5.74, 6) is -1.31. The minimum Gasteiger partial charge on any atom is -0.325 e. The topological polar surface area (TPSA) is 88.5 Å². The van der Waals surface area contributed by atoms with Gasteiger partial charge in [0, 0.05) is 26.8 Å². The van der Waals surface area contributed by atoms with Gasteiger partial charge in [-0.3, -0.25) is 28.6 Å². The van der Waals surface area contributed by atoms with Gasteiger partial charge in [-0.15, -0.1) is 11.8 Å². The van der Waals surface area contributed by atoms with E-state index < -0.39 is 0 Å². The largest absolute Gasteiger partial charge is 0.325 e. The molecule has 216 valence electrons. The van der Waals surface area contributed by atoms with Gasteiger partial charge >= 0.3 is 4.87 Å². The molecule has 7 nitrogen and oxygen atoms in total. The Balaban J connectivity index is 1.19. The molecule has 1 N–H and O–H groups in total. The predicted octanol–water partition coefficient (Wildman–Crippen LogP) is 5.88. The molecule has 0 spiro atoms. The average molecular weight is 628 g/mol. The second-order valence-corrected chi connectivity index (χ2v) is 14.3. The number of hydrogen-bond donors (Lipinski definition) is 1. The zero-order chi connectivity index (χ0) is 29.4. The van der Waals surface area contributed by atoms with Gasteiger partial charge in [0.1, 0.15) is 6.54 Å². The van der Waals surface area contributed by atoms with Crippen molar-refractivity contribution in [2.75, 3.05) is 10.2 Å². The maximum atomic E-state index is 13.9. The van der Waals surface area contributed by atoms with Crippen LogP contribution in [0.4, 0.5) is 11.4 Å². The van der Waals surface area contributed by atoms with Crippen LogP contribution >= 0.6 is 34.7 Å². The Hall–Kier alpha value is -3.66. The van der Waals surface area contributed by atoms with Crippen LogP contribution in [-0.4, -0.2) is 27.5 Å². The van der Waals surface area contributed by atoms with Crippen LogP contribution in [0.5, 0.6) is 0 Å². The molecule has 10 heteroatoms. The molecule has 4 aromatic rings. The Morgan fingerprint density at radius 1 is 0.860 bits per heavy atom. The summed E-state index contributed by atoms with van der Waals surface area (Å²) in [7, 11) is 0. The number of imide groups is 1. The third kappa shape index (κ3) is 4.16. The number of thioether (sulfide) groups is 1. The second kappa shape index (κ2) is 10.2. The van der Waals surface area contributed by atoms with Crippen LogP contribution in [0.25, 0.3) is 0 Å². The van der Waals surface area contributed by atoms with Crippen LogP contribution < -0.4 is 15.1 Å². The van der Waals surface area contributed by atoms with Gasteiger partial charge in [0.15, 0.2) is 0 Å². The first-order valence-electron chi connectivity index (χ1n) is 14.3. The van der Waals surface area contributed by atoms with Crippen molar-refractivity contribution >= 4 is 63.8 Å². The fourth-order valence-electron chi connectivity index (χ4n) is 8.00. The lowest BCUT2D eigenvalue weighted by atomic mass is 9.68. The van der Waals surface area contributed by atoms with E-state index in [0.717, 1.165) is 21.9 Å². The van der Waals surface area contributed by atoms with Crippen molar-refractivity contribution in [2.24, 2.45) is 29.6 Å². The lowest BCUT2D eigenvalue weighted by Gasteiger charge is -2.43. The molecule has 43 heavy (non-hydrogen) atoms. The van der Waals surface area contributed by atoms with Gasteiger partial charge < -0.3 is 5.32 Å². The number of hydrogen-bond acceptors (Lipinski definition) is 6. The van der Waals surface area contributed by atoms with Gasteiger partial charge in [-0.1, -0.05) is 71.5 Å². The molecule has 2 bridgehead atoms. The number of fused-ring (bicyclic) bond motifs is 9. The molecule has 0 radical (unpaired) electrons. The molecule has 2 aliphatic heterocycles. The molecule has 2 aliphatic carbocycles. The monoisotopic (exact) mass is 627 g/mol. The highest BCUT2D eigenvalue weighted by Crippen LogP contribution is 2.69. The molecule has 8 rings (SSSR count). The number of aromatic nitrogens is 1. The van der Waals surface area contributed by atoms with E-state index in [2.05, 4.69) is 5.32 Å². The minimum atomic E-state index is -0.376. The average Bonchev–Trinajstić information content (AvgIpc) is 3.73. The van der Waals surface area contributed by atoms with E-state index in [1.54, 1.807) is 16.3 Å². The molecule has 3 heterocycles. The number of nitrogens with one attached hydrogen (secondary N) is 1. The molecule has 7 atom stereocenters. The predicted molar refractivity (Wildman–Crippen MR) is 168 cm³/mol. The highest BCUT2D eigenvalue weighted by atomic mass is 35.5. The fraction of sp³-hybridized carbons (Fsp3) is 0.273. The first kappa shape index (κ1) is 26.9. The number of carbonyl (C=O) groups is 3. The van der Waals surface area contributed by atoms with E-state index in [-0.39, 0.29) is 69.9 Å². The van der Waals surface area contributed by atoms with Crippen molar-refractivity contribution in [3.63, 3.8) is 0 Å². The zero-order valence-electron chi connectivity index (χ0n) is 22.8. The molecule has 1 aromatic heterocycles. The van der Waals surface area contributed by atoms with Crippen molar-refractivity contribution in [2.45, 2.75) is 29.2 Å². The summed E-state index contributed by atoms with van der Waals surface area (Å²) in [6.07, 6.45) is 0.801. The molecule has 2 saturated carbocycles. The summed E-state index contributed by atoms with van der Waals surface area (Å²) in [6, 6.07) is 26.1. The molecule has 7 unspecified atom stereocenters. The highest BCUT2D eigenvalue weighted by Gasteiger charge is 2.69. The number of carbonyl (C=O) groups excluding carboxylic acids is 3. The Labute approximate surface area is 260 Å².